The van der Waals surface area contributed by atoms with Gasteiger partial charge in [0, 0.05) is 0 Å². The van der Waals surface area contributed by atoms with Gasteiger partial charge in [0.2, 0.25) is 5.91 Å². The van der Waals surface area contributed by atoms with E-state index in [1.54, 1.807) is 30.3 Å². The number of carbonyl (C=O) groups is 1. The number of hydrogen-bond acceptors (Lipinski definition) is 4. The third-order valence-corrected chi connectivity index (χ3v) is 7.26. The van der Waals surface area contributed by atoms with Crippen LogP contribution >= 0.6 is 0 Å². The van der Waals surface area contributed by atoms with E-state index in [9.17, 15) is 13.2 Å². The van der Waals surface area contributed by atoms with Crippen LogP contribution in [-0.2, 0) is 21.2 Å². The topological polar surface area (TPSA) is 75.7 Å². The minimum Gasteiger partial charge on any atom is -0.492 e. The zero-order valence-electron chi connectivity index (χ0n) is 19.2. The van der Waals surface area contributed by atoms with Gasteiger partial charge in [-0.1, -0.05) is 49.4 Å². The molecule has 0 aliphatic rings. The summed E-state index contributed by atoms with van der Waals surface area (Å²) in [7, 11) is -3.93. The summed E-state index contributed by atoms with van der Waals surface area (Å²) >= 11 is 0. The van der Waals surface area contributed by atoms with E-state index in [-0.39, 0.29) is 24.6 Å². The Kier molecular flexibility index (Phi) is 8.11. The molecule has 0 fully saturated rings. The molecule has 3 aromatic rings. The van der Waals surface area contributed by atoms with Crippen molar-refractivity contribution in [2.75, 3.05) is 24.0 Å². The molecule has 0 aliphatic heterocycles. The SMILES string of the molecule is CCc1ccc(OCCNC(=O)CN(c2cccc(C)c2C)S(=O)(=O)c2ccccc2)cc1. The number of ether oxygens (including phenoxy) is 1. The van der Waals surface area contributed by atoms with Gasteiger partial charge >= 0.3 is 0 Å². The summed E-state index contributed by atoms with van der Waals surface area (Å²) in [5, 5.41) is 2.76. The number of amides is 1. The van der Waals surface area contributed by atoms with Gasteiger partial charge < -0.3 is 10.1 Å². The van der Waals surface area contributed by atoms with Crippen molar-refractivity contribution in [2.24, 2.45) is 0 Å². The zero-order chi connectivity index (χ0) is 23.8. The van der Waals surface area contributed by atoms with Crippen molar-refractivity contribution in [1.82, 2.24) is 5.32 Å². The molecule has 0 bridgehead atoms. The Hall–Kier alpha value is -3.32. The molecule has 0 radical (unpaired) electrons. The van der Waals surface area contributed by atoms with Crippen LogP contribution in [0.3, 0.4) is 0 Å². The van der Waals surface area contributed by atoms with Crippen LogP contribution in [0.2, 0.25) is 0 Å². The number of rotatable bonds is 10. The van der Waals surface area contributed by atoms with E-state index in [0.29, 0.717) is 5.69 Å². The van der Waals surface area contributed by atoms with Crippen molar-refractivity contribution in [3.05, 3.63) is 89.5 Å². The standard InChI is InChI=1S/C26H30N2O4S/c1-4-22-13-15-23(16-14-22)32-18-17-27-26(29)19-28(25-12-8-9-20(2)21(25)3)33(30,31)24-10-6-5-7-11-24/h5-16H,4,17-19H2,1-3H3,(H,27,29). The van der Waals surface area contributed by atoms with Crippen LogP contribution in [0.15, 0.2) is 77.7 Å². The summed E-state index contributed by atoms with van der Waals surface area (Å²) < 4.78 is 33.7. The van der Waals surface area contributed by atoms with Gasteiger partial charge in [-0.15, -0.1) is 0 Å². The minimum atomic E-state index is -3.93. The molecule has 0 atom stereocenters. The van der Waals surface area contributed by atoms with E-state index in [1.807, 2.05) is 44.2 Å². The monoisotopic (exact) mass is 466 g/mol. The fourth-order valence-corrected chi connectivity index (χ4v) is 4.89. The number of aryl methyl sites for hydroxylation is 2. The Morgan fingerprint density at radius 1 is 0.939 bits per heavy atom. The summed E-state index contributed by atoms with van der Waals surface area (Å²) in [5.74, 6) is 0.324. The average Bonchev–Trinajstić information content (AvgIpc) is 2.83. The van der Waals surface area contributed by atoms with Crippen molar-refractivity contribution in [3.8, 4) is 5.75 Å². The third-order valence-electron chi connectivity index (χ3n) is 5.49. The van der Waals surface area contributed by atoms with E-state index in [0.717, 1.165) is 23.3 Å². The quantitative estimate of drug-likeness (QED) is 0.453. The third kappa shape index (κ3) is 6.14. The van der Waals surface area contributed by atoms with Crippen LogP contribution in [0.25, 0.3) is 0 Å². The maximum atomic E-state index is 13.4. The molecule has 33 heavy (non-hydrogen) atoms. The highest BCUT2D eigenvalue weighted by Gasteiger charge is 2.28. The van der Waals surface area contributed by atoms with Gasteiger partial charge in [0.1, 0.15) is 18.9 Å². The van der Waals surface area contributed by atoms with Crippen molar-refractivity contribution in [3.63, 3.8) is 0 Å². The van der Waals surface area contributed by atoms with Crippen LogP contribution in [0, 0.1) is 13.8 Å². The molecular weight excluding hydrogens is 436 g/mol. The average molecular weight is 467 g/mol. The maximum Gasteiger partial charge on any atom is 0.264 e. The van der Waals surface area contributed by atoms with E-state index >= 15 is 0 Å². The van der Waals surface area contributed by atoms with Gasteiger partial charge in [0.05, 0.1) is 17.1 Å². The summed E-state index contributed by atoms with van der Waals surface area (Å²) in [6, 6.07) is 21.4. The van der Waals surface area contributed by atoms with Gasteiger partial charge in [-0.05, 0) is 67.3 Å². The molecule has 3 rings (SSSR count). The first kappa shape index (κ1) is 24.3. The van der Waals surface area contributed by atoms with Crippen LogP contribution in [0.4, 0.5) is 5.69 Å². The summed E-state index contributed by atoms with van der Waals surface area (Å²) in [4.78, 5) is 12.9. The number of benzene rings is 3. The first-order chi connectivity index (χ1) is 15.8. The number of nitrogens with one attached hydrogen (secondary N) is 1. The van der Waals surface area contributed by atoms with Crippen molar-refractivity contribution in [2.45, 2.75) is 32.1 Å². The zero-order valence-corrected chi connectivity index (χ0v) is 20.1. The minimum absolute atomic E-state index is 0.137. The molecule has 1 amide bonds. The largest absolute Gasteiger partial charge is 0.492 e. The second-order valence-corrected chi connectivity index (χ2v) is 9.60. The van der Waals surface area contributed by atoms with Gasteiger partial charge in [-0.3, -0.25) is 9.10 Å². The lowest BCUT2D eigenvalue weighted by Gasteiger charge is -2.26. The molecular formula is C26H30N2O4S. The first-order valence-electron chi connectivity index (χ1n) is 11.0. The van der Waals surface area contributed by atoms with Gasteiger partial charge in [-0.25, -0.2) is 8.42 Å². The van der Waals surface area contributed by atoms with E-state index in [1.165, 1.54) is 22.0 Å². The van der Waals surface area contributed by atoms with Crippen LogP contribution < -0.4 is 14.4 Å². The molecule has 0 saturated heterocycles. The number of carbonyl (C=O) groups excluding carboxylic acids is 1. The van der Waals surface area contributed by atoms with Crippen LogP contribution in [0.1, 0.15) is 23.6 Å². The number of anilines is 1. The van der Waals surface area contributed by atoms with Gasteiger partial charge in [-0.2, -0.15) is 0 Å². The second kappa shape index (κ2) is 11.0. The lowest BCUT2D eigenvalue weighted by molar-refractivity contribution is -0.119. The molecule has 0 unspecified atom stereocenters. The lowest BCUT2D eigenvalue weighted by Crippen LogP contribution is -2.42. The van der Waals surface area contributed by atoms with Gasteiger partial charge in [0.25, 0.3) is 10.0 Å². The van der Waals surface area contributed by atoms with Crippen molar-refractivity contribution in [1.29, 1.82) is 0 Å². The number of sulfonamides is 1. The molecule has 0 saturated carbocycles. The Balaban J connectivity index is 1.70. The molecule has 0 spiro atoms. The predicted octanol–water partition coefficient (Wildman–Crippen LogP) is 4.26. The molecule has 7 heteroatoms. The smallest absolute Gasteiger partial charge is 0.264 e. The predicted molar refractivity (Wildman–Crippen MR) is 131 cm³/mol. The summed E-state index contributed by atoms with van der Waals surface area (Å²) in [6.07, 6.45) is 0.957. The molecule has 0 heterocycles. The summed E-state index contributed by atoms with van der Waals surface area (Å²) in [6.45, 7) is 6.08. The molecule has 0 aromatic heterocycles. The fraction of sp³-hybridized carbons (Fsp3) is 0.269. The number of nitrogens with zero attached hydrogens (tertiary/aromatic N) is 1. The fourth-order valence-electron chi connectivity index (χ4n) is 3.39. The Labute approximate surface area is 196 Å². The Morgan fingerprint density at radius 2 is 1.64 bits per heavy atom. The Morgan fingerprint density at radius 3 is 2.30 bits per heavy atom. The molecule has 174 valence electrons. The van der Waals surface area contributed by atoms with E-state index in [4.69, 9.17) is 4.74 Å². The lowest BCUT2D eigenvalue weighted by atomic mass is 10.1. The highest BCUT2D eigenvalue weighted by molar-refractivity contribution is 7.92. The number of hydrogen-bond donors (Lipinski definition) is 1. The highest BCUT2D eigenvalue weighted by Crippen LogP contribution is 2.28. The van der Waals surface area contributed by atoms with Crippen LogP contribution in [0.5, 0.6) is 5.75 Å². The van der Waals surface area contributed by atoms with Gasteiger partial charge in [0.15, 0.2) is 0 Å². The molecule has 6 nitrogen and oxygen atoms in total. The van der Waals surface area contributed by atoms with Crippen molar-refractivity contribution < 1.29 is 17.9 Å². The summed E-state index contributed by atoms with van der Waals surface area (Å²) in [5.41, 5.74) is 3.47. The van der Waals surface area contributed by atoms with E-state index in [2.05, 4.69) is 12.2 Å². The normalized spacial score (nSPS) is 11.1. The maximum absolute atomic E-state index is 13.4. The Bertz CT molecular complexity index is 1180. The first-order valence-corrected chi connectivity index (χ1v) is 12.4. The molecule has 3 aromatic carbocycles. The van der Waals surface area contributed by atoms with Crippen LogP contribution in [-0.4, -0.2) is 34.0 Å². The molecule has 1 N–H and O–H groups in total. The van der Waals surface area contributed by atoms with Crippen molar-refractivity contribution >= 4 is 21.6 Å². The molecule has 0 aliphatic carbocycles. The highest BCUT2D eigenvalue weighted by atomic mass is 32.2. The van der Waals surface area contributed by atoms with E-state index < -0.39 is 15.9 Å². The second-order valence-electron chi connectivity index (χ2n) is 7.74.